The monoisotopic (exact) mass is 428 g/mol. The minimum absolute atomic E-state index is 0.0788. The quantitative estimate of drug-likeness (QED) is 0.539. The summed E-state index contributed by atoms with van der Waals surface area (Å²) in [6, 6.07) is 5.68. The first-order chi connectivity index (χ1) is 13.1. The van der Waals surface area contributed by atoms with Crippen molar-refractivity contribution in [2.24, 2.45) is 0 Å². The van der Waals surface area contributed by atoms with E-state index in [0.717, 1.165) is 43.4 Å². The van der Waals surface area contributed by atoms with E-state index in [4.69, 9.17) is 27.9 Å². The van der Waals surface area contributed by atoms with Gasteiger partial charge in [-0.25, -0.2) is 4.98 Å². The van der Waals surface area contributed by atoms with Gasteiger partial charge < -0.3 is 4.74 Å². The second-order valence-corrected chi connectivity index (χ2v) is 8.60. The Bertz CT molecular complexity index is 721. The van der Waals surface area contributed by atoms with E-state index in [2.05, 4.69) is 21.9 Å². The molecular formula is C19H26Cl2N4OS. The van der Waals surface area contributed by atoms with Gasteiger partial charge in [-0.05, 0) is 49.0 Å². The molecule has 148 valence electrons. The second-order valence-electron chi connectivity index (χ2n) is 6.75. The molecule has 1 aliphatic heterocycles. The number of aromatic nitrogens is 3. The highest BCUT2D eigenvalue weighted by atomic mass is 35.5. The smallest absolute Gasteiger partial charge is 0.158 e. The van der Waals surface area contributed by atoms with Crippen LogP contribution < -0.4 is 0 Å². The van der Waals surface area contributed by atoms with Crippen molar-refractivity contribution < 1.29 is 4.74 Å². The van der Waals surface area contributed by atoms with E-state index < -0.39 is 0 Å². The molecule has 1 saturated heterocycles. The normalized spacial score (nSPS) is 16.6. The Balaban J connectivity index is 1.38. The lowest BCUT2D eigenvalue weighted by atomic mass is 10.0. The third kappa shape index (κ3) is 6.36. The van der Waals surface area contributed by atoms with Crippen molar-refractivity contribution in [3.63, 3.8) is 0 Å². The zero-order valence-corrected chi connectivity index (χ0v) is 17.9. The van der Waals surface area contributed by atoms with Crippen LogP contribution >= 0.6 is 35.1 Å². The van der Waals surface area contributed by atoms with Crippen LogP contribution in [0.2, 0.25) is 10.0 Å². The number of rotatable bonds is 9. The highest BCUT2D eigenvalue weighted by Crippen LogP contribution is 2.28. The maximum atomic E-state index is 6.12. The van der Waals surface area contributed by atoms with Gasteiger partial charge in [-0.1, -0.05) is 42.6 Å². The van der Waals surface area contributed by atoms with Gasteiger partial charge in [0.15, 0.2) is 5.82 Å². The molecule has 8 heteroatoms. The first-order valence-electron chi connectivity index (χ1n) is 9.43. The van der Waals surface area contributed by atoms with Gasteiger partial charge in [0, 0.05) is 24.8 Å². The van der Waals surface area contributed by atoms with Gasteiger partial charge in [-0.2, -0.15) is 4.09 Å². The Hall–Kier alpha value is -0.790. The van der Waals surface area contributed by atoms with Crippen LogP contribution in [0.4, 0.5) is 0 Å². The first-order valence-corrected chi connectivity index (χ1v) is 11.1. The summed E-state index contributed by atoms with van der Waals surface area (Å²) >= 11 is 13.8. The minimum Gasteiger partial charge on any atom is -0.379 e. The van der Waals surface area contributed by atoms with Crippen LogP contribution in [0.5, 0.6) is 0 Å². The summed E-state index contributed by atoms with van der Waals surface area (Å²) in [4.78, 5) is 6.95. The molecular weight excluding hydrogens is 403 g/mol. The lowest BCUT2D eigenvalue weighted by Gasteiger charge is -2.26. The van der Waals surface area contributed by atoms with Gasteiger partial charge >= 0.3 is 0 Å². The Morgan fingerprint density at radius 1 is 1.15 bits per heavy atom. The van der Waals surface area contributed by atoms with E-state index in [0.29, 0.717) is 10.0 Å². The summed E-state index contributed by atoms with van der Waals surface area (Å²) in [5, 5.41) is 5.73. The number of hydrogen-bond acceptors (Lipinski definition) is 5. The van der Waals surface area contributed by atoms with E-state index in [1.807, 2.05) is 22.3 Å². The summed E-state index contributed by atoms with van der Waals surface area (Å²) in [6.07, 6.45) is 5.47. The van der Waals surface area contributed by atoms with E-state index in [9.17, 15) is 0 Å². The molecule has 1 atom stereocenters. The van der Waals surface area contributed by atoms with Crippen LogP contribution in [-0.4, -0.2) is 57.7 Å². The number of ether oxygens (including phenoxy) is 1. The van der Waals surface area contributed by atoms with Crippen molar-refractivity contribution in [1.29, 1.82) is 0 Å². The molecule has 1 fully saturated rings. The van der Waals surface area contributed by atoms with Gasteiger partial charge in [-0.3, -0.25) is 4.90 Å². The maximum absolute atomic E-state index is 6.12. The second kappa shape index (κ2) is 10.7. The average molecular weight is 429 g/mol. The van der Waals surface area contributed by atoms with Crippen molar-refractivity contribution in [3.8, 4) is 0 Å². The van der Waals surface area contributed by atoms with E-state index >= 15 is 0 Å². The van der Waals surface area contributed by atoms with E-state index in [1.54, 1.807) is 18.3 Å². The molecule has 0 amide bonds. The van der Waals surface area contributed by atoms with Crippen LogP contribution in [0, 0.1) is 0 Å². The number of morpholine rings is 1. The average Bonchev–Trinajstić information content (AvgIpc) is 3.16. The molecule has 0 radical (unpaired) electrons. The zero-order chi connectivity index (χ0) is 19.1. The van der Waals surface area contributed by atoms with Gasteiger partial charge in [0.25, 0.3) is 0 Å². The fourth-order valence-electron chi connectivity index (χ4n) is 3.05. The molecule has 5 nitrogen and oxygen atoms in total. The summed E-state index contributed by atoms with van der Waals surface area (Å²) in [5.74, 6) is 1.93. The fraction of sp³-hybridized carbons (Fsp3) is 0.579. The molecule has 3 rings (SSSR count). The molecule has 0 spiro atoms. The predicted octanol–water partition coefficient (Wildman–Crippen LogP) is 4.74. The topological polar surface area (TPSA) is 43.2 Å². The minimum atomic E-state index is 0.0788. The molecule has 2 heterocycles. The summed E-state index contributed by atoms with van der Waals surface area (Å²) < 4.78 is 7.24. The number of halogens is 2. The SMILES string of the molecule is CC(c1ccc(Cl)c(Cl)c1)c1ncn(SCCCCCN2CCOCC2)n1. The summed E-state index contributed by atoms with van der Waals surface area (Å²) in [7, 11) is 0. The summed E-state index contributed by atoms with van der Waals surface area (Å²) in [6.45, 7) is 7.18. The van der Waals surface area contributed by atoms with Crippen molar-refractivity contribution >= 4 is 35.1 Å². The Morgan fingerprint density at radius 3 is 2.74 bits per heavy atom. The van der Waals surface area contributed by atoms with Crippen molar-refractivity contribution in [1.82, 2.24) is 19.1 Å². The Morgan fingerprint density at radius 2 is 1.96 bits per heavy atom. The largest absolute Gasteiger partial charge is 0.379 e. The van der Waals surface area contributed by atoms with Gasteiger partial charge in [0.05, 0.1) is 23.3 Å². The number of nitrogens with zero attached hydrogens (tertiary/aromatic N) is 4. The molecule has 2 aromatic rings. The highest BCUT2D eigenvalue weighted by Gasteiger charge is 2.15. The van der Waals surface area contributed by atoms with Crippen LogP contribution in [0.3, 0.4) is 0 Å². The number of hydrogen-bond donors (Lipinski definition) is 0. The molecule has 1 aromatic carbocycles. The van der Waals surface area contributed by atoms with Gasteiger partial charge in [-0.15, -0.1) is 5.10 Å². The van der Waals surface area contributed by atoms with E-state index in [1.165, 1.54) is 25.8 Å². The molecule has 1 aromatic heterocycles. The first kappa shape index (κ1) is 20.9. The molecule has 0 saturated carbocycles. The third-order valence-corrected chi connectivity index (χ3v) is 6.42. The summed E-state index contributed by atoms with van der Waals surface area (Å²) in [5.41, 5.74) is 1.07. The maximum Gasteiger partial charge on any atom is 0.158 e. The molecule has 27 heavy (non-hydrogen) atoms. The van der Waals surface area contributed by atoms with Gasteiger partial charge in [0.1, 0.15) is 6.33 Å². The molecule has 0 N–H and O–H groups in total. The molecule has 1 aliphatic rings. The number of benzene rings is 1. The van der Waals surface area contributed by atoms with Crippen molar-refractivity contribution in [2.45, 2.75) is 32.1 Å². The lowest BCUT2D eigenvalue weighted by molar-refractivity contribution is 0.0372. The molecule has 1 unspecified atom stereocenters. The Labute approximate surface area is 175 Å². The molecule has 0 aliphatic carbocycles. The van der Waals surface area contributed by atoms with E-state index in [-0.39, 0.29) is 5.92 Å². The third-order valence-electron chi connectivity index (χ3n) is 4.77. The fourth-order valence-corrected chi connectivity index (χ4v) is 4.13. The van der Waals surface area contributed by atoms with Crippen LogP contribution in [0.25, 0.3) is 0 Å². The van der Waals surface area contributed by atoms with Crippen LogP contribution in [-0.2, 0) is 4.74 Å². The standard InChI is InChI=1S/C19H26Cl2N4OS/c1-15(16-5-6-17(20)18(21)13-16)19-22-14-25(23-19)27-12-4-2-3-7-24-8-10-26-11-9-24/h5-6,13-15H,2-4,7-12H2,1H3. The van der Waals surface area contributed by atoms with Gasteiger partial charge in [0.2, 0.25) is 0 Å². The molecule has 0 bridgehead atoms. The van der Waals surface area contributed by atoms with Crippen LogP contribution in [0.1, 0.15) is 43.5 Å². The van der Waals surface area contributed by atoms with Crippen LogP contribution in [0.15, 0.2) is 24.5 Å². The zero-order valence-electron chi connectivity index (χ0n) is 15.6. The van der Waals surface area contributed by atoms with Crippen molar-refractivity contribution in [2.75, 3.05) is 38.6 Å². The Kier molecular flexibility index (Phi) is 8.27. The highest BCUT2D eigenvalue weighted by molar-refractivity contribution is 7.97. The lowest BCUT2D eigenvalue weighted by Crippen LogP contribution is -2.36. The number of unbranched alkanes of at least 4 members (excludes halogenated alkanes) is 2. The predicted molar refractivity (Wildman–Crippen MR) is 113 cm³/mol. The van der Waals surface area contributed by atoms with Crippen molar-refractivity contribution in [3.05, 3.63) is 46.0 Å².